The number of anilines is 1. The number of hydrogen-bond donors (Lipinski definition) is 1. The van der Waals surface area contributed by atoms with Crippen LogP contribution in [0.1, 0.15) is 46.0 Å². The number of piperidine rings is 1. The summed E-state index contributed by atoms with van der Waals surface area (Å²) in [6, 6.07) is 18.9. The summed E-state index contributed by atoms with van der Waals surface area (Å²) in [6.07, 6.45) is 0.869. The van der Waals surface area contributed by atoms with Crippen molar-refractivity contribution >= 4 is 46.0 Å². The van der Waals surface area contributed by atoms with Gasteiger partial charge in [-0.15, -0.1) is 0 Å². The molecule has 0 unspecified atom stereocenters. The lowest BCUT2D eigenvalue weighted by atomic mass is 10.0. The van der Waals surface area contributed by atoms with Gasteiger partial charge in [0.25, 0.3) is 11.8 Å². The SMILES string of the molecule is CCOC(=O)N1CCC(NC(=O)c2ccc3c(c2)N(Cc2cccc(Cl)c2)C(=O)c2ccccc2[S@@]3=O)CC1. The van der Waals surface area contributed by atoms with Gasteiger partial charge in [0.1, 0.15) is 0 Å². The van der Waals surface area contributed by atoms with Crippen molar-refractivity contribution in [2.75, 3.05) is 24.6 Å². The molecule has 3 aromatic rings. The smallest absolute Gasteiger partial charge is 0.409 e. The van der Waals surface area contributed by atoms with Crippen molar-refractivity contribution in [2.45, 2.75) is 42.1 Å². The first-order chi connectivity index (χ1) is 18.9. The Hall–Kier alpha value is -3.69. The number of ether oxygens (including phenoxy) is 1. The molecule has 2 aliphatic heterocycles. The molecule has 3 aromatic carbocycles. The first-order valence-corrected chi connectivity index (χ1v) is 14.3. The van der Waals surface area contributed by atoms with Crippen LogP contribution in [0.2, 0.25) is 5.02 Å². The topological polar surface area (TPSA) is 96.0 Å². The Bertz CT molecular complexity index is 1450. The van der Waals surface area contributed by atoms with Crippen molar-refractivity contribution in [1.82, 2.24) is 10.2 Å². The summed E-state index contributed by atoms with van der Waals surface area (Å²) in [5, 5.41) is 3.59. The Morgan fingerprint density at radius 3 is 2.54 bits per heavy atom. The zero-order valence-corrected chi connectivity index (χ0v) is 23.0. The fraction of sp³-hybridized carbons (Fsp3) is 0.276. The molecule has 1 N–H and O–H groups in total. The lowest BCUT2D eigenvalue weighted by molar-refractivity contribution is 0.0858. The molecule has 3 amide bonds. The standard InChI is InChI=1S/C29H28ClN3O5S/c1-2-38-29(36)32-14-12-22(13-15-32)31-27(34)20-10-11-26-24(17-20)33(18-19-6-5-7-21(30)16-19)28(35)23-8-3-4-9-25(23)39(26)37/h3-11,16-17,22H,2,12-15,18H2,1H3,(H,31,34)/t39-/m0/s1. The largest absolute Gasteiger partial charge is 0.450 e. The van der Waals surface area contributed by atoms with Crippen LogP contribution in [0.5, 0.6) is 0 Å². The molecule has 39 heavy (non-hydrogen) atoms. The van der Waals surface area contributed by atoms with Gasteiger partial charge in [-0.3, -0.25) is 9.59 Å². The molecule has 0 saturated carbocycles. The highest BCUT2D eigenvalue weighted by Crippen LogP contribution is 2.36. The lowest BCUT2D eigenvalue weighted by Crippen LogP contribution is -2.46. The second-order valence-electron chi connectivity index (χ2n) is 9.40. The van der Waals surface area contributed by atoms with Crippen LogP contribution in [0.15, 0.2) is 76.5 Å². The first-order valence-electron chi connectivity index (χ1n) is 12.8. The zero-order chi connectivity index (χ0) is 27.5. The Morgan fingerprint density at radius 2 is 1.79 bits per heavy atom. The van der Waals surface area contributed by atoms with Crippen LogP contribution in [0, 0.1) is 0 Å². The number of carbonyl (C=O) groups excluding carboxylic acids is 3. The van der Waals surface area contributed by atoms with Crippen LogP contribution in [0.25, 0.3) is 0 Å². The van der Waals surface area contributed by atoms with Gasteiger partial charge in [0.15, 0.2) is 0 Å². The lowest BCUT2D eigenvalue weighted by Gasteiger charge is -2.31. The van der Waals surface area contributed by atoms with E-state index in [1.807, 2.05) is 12.1 Å². The summed E-state index contributed by atoms with van der Waals surface area (Å²) in [4.78, 5) is 43.1. The number of benzene rings is 3. The molecule has 0 aliphatic carbocycles. The molecular weight excluding hydrogens is 538 g/mol. The number of amides is 3. The van der Waals surface area contributed by atoms with E-state index < -0.39 is 10.8 Å². The molecule has 0 spiro atoms. The molecule has 0 aromatic heterocycles. The number of hydrogen-bond acceptors (Lipinski definition) is 5. The van der Waals surface area contributed by atoms with Gasteiger partial charge in [0, 0.05) is 29.7 Å². The van der Waals surface area contributed by atoms with Crippen molar-refractivity contribution in [2.24, 2.45) is 0 Å². The van der Waals surface area contributed by atoms with Gasteiger partial charge < -0.3 is 19.9 Å². The van der Waals surface area contributed by atoms with Gasteiger partial charge in [0.05, 0.1) is 45.0 Å². The Morgan fingerprint density at radius 1 is 1.03 bits per heavy atom. The normalized spacial score (nSPS) is 17.2. The number of rotatable bonds is 5. The quantitative estimate of drug-likeness (QED) is 0.469. The van der Waals surface area contributed by atoms with Crippen molar-refractivity contribution in [3.63, 3.8) is 0 Å². The molecule has 2 aliphatic rings. The molecule has 1 atom stereocenters. The maximum absolute atomic E-state index is 13.8. The number of likely N-dealkylation sites (tertiary alicyclic amines) is 1. The average Bonchev–Trinajstić information content (AvgIpc) is 3.03. The monoisotopic (exact) mass is 565 g/mol. The second-order valence-corrected chi connectivity index (χ2v) is 11.3. The van der Waals surface area contributed by atoms with Crippen LogP contribution in [0.3, 0.4) is 0 Å². The Balaban J connectivity index is 1.43. The van der Waals surface area contributed by atoms with E-state index in [1.165, 1.54) is 0 Å². The minimum Gasteiger partial charge on any atom is -0.450 e. The number of halogens is 1. The van der Waals surface area contributed by atoms with E-state index in [4.69, 9.17) is 16.3 Å². The van der Waals surface area contributed by atoms with Gasteiger partial charge in [-0.2, -0.15) is 0 Å². The van der Waals surface area contributed by atoms with E-state index in [0.29, 0.717) is 64.2 Å². The maximum atomic E-state index is 13.8. The summed E-state index contributed by atoms with van der Waals surface area (Å²) in [7, 11) is -1.62. The number of carbonyl (C=O) groups is 3. The maximum Gasteiger partial charge on any atom is 0.409 e. The molecule has 0 radical (unpaired) electrons. The van der Waals surface area contributed by atoms with Crippen LogP contribution in [-0.4, -0.2) is 52.8 Å². The minimum atomic E-state index is -1.62. The van der Waals surface area contributed by atoms with Gasteiger partial charge >= 0.3 is 6.09 Å². The molecule has 0 bridgehead atoms. The summed E-state index contributed by atoms with van der Waals surface area (Å²) in [5.41, 5.74) is 1.93. The molecule has 5 rings (SSSR count). The predicted octanol–water partition coefficient (Wildman–Crippen LogP) is 5.02. The average molecular weight is 566 g/mol. The van der Waals surface area contributed by atoms with Gasteiger partial charge in [-0.1, -0.05) is 35.9 Å². The molecular formula is C29H28ClN3O5S. The molecule has 10 heteroatoms. The van der Waals surface area contributed by atoms with Gasteiger partial charge in [-0.05, 0) is 67.8 Å². The summed E-state index contributed by atoms with van der Waals surface area (Å²) in [6.45, 7) is 3.26. The third kappa shape index (κ3) is 5.69. The highest BCUT2D eigenvalue weighted by molar-refractivity contribution is 7.85. The zero-order valence-electron chi connectivity index (χ0n) is 21.4. The number of nitrogens with zero attached hydrogens (tertiary/aromatic N) is 2. The number of nitrogens with one attached hydrogen (secondary N) is 1. The Labute approximate surface area is 234 Å². The highest BCUT2D eigenvalue weighted by Gasteiger charge is 2.32. The summed E-state index contributed by atoms with van der Waals surface area (Å²) in [5.74, 6) is -0.600. The van der Waals surface area contributed by atoms with Crippen LogP contribution < -0.4 is 10.2 Å². The third-order valence-electron chi connectivity index (χ3n) is 6.86. The molecule has 2 heterocycles. The van der Waals surface area contributed by atoms with Crippen molar-refractivity contribution < 1.29 is 23.3 Å². The van der Waals surface area contributed by atoms with Crippen LogP contribution in [0.4, 0.5) is 10.5 Å². The van der Waals surface area contributed by atoms with Gasteiger partial charge in [0.2, 0.25) is 0 Å². The van der Waals surface area contributed by atoms with Crippen molar-refractivity contribution in [3.05, 3.63) is 88.4 Å². The summed E-state index contributed by atoms with van der Waals surface area (Å²) >= 11 is 6.20. The highest BCUT2D eigenvalue weighted by atomic mass is 35.5. The second kappa shape index (κ2) is 11.6. The van der Waals surface area contributed by atoms with E-state index in [2.05, 4.69) is 5.32 Å². The van der Waals surface area contributed by atoms with E-state index in [1.54, 1.807) is 71.3 Å². The van der Waals surface area contributed by atoms with E-state index in [9.17, 15) is 18.6 Å². The Kier molecular flexibility index (Phi) is 7.99. The van der Waals surface area contributed by atoms with E-state index >= 15 is 0 Å². The van der Waals surface area contributed by atoms with Crippen molar-refractivity contribution in [1.29, 1.82) is 0 Å². The third-order valence-corrected chi connectivity index (χ3v) is 8.60. The van der Waals surface area contributed by atoms with E-state index in [-0.39, 0.29) is 30.5 Å². The van der Waals surface area contributed by atoms with E-state index in [0.717, 1.165) is 5.56 Å². The number of fused-ring (bicyclic) bond motifs is 2. The van der Waals surface area contributed by atoms with Crippen molar-refractivity contribution in [3.8, 4) is 0 Å². The molecule has 8 nitrogen and oxygen atoms in total. The van der Waals surface area contributed by atoms with Crippen LogP contribution >= 0.6 is 11.6 Å². The minimum absolute atomic E-state index is 0.107. The fourth-order valence-corrected chi connectivity index (χ4v) is 6.43. The fourth-order valence-electron chi connectivity index (χ4n) is 4.87. The van der Waals surface area contributed by atoms with Crippen LogP contribution in [-0.2, 0) is 22.1 Å². The molecule has 1 saturated heterocycles. The first kappa shape index (κ1) is 26.9. The summed E-state index contributed by atoms with van der Waals surface area (Å²) < 4.78 is 18.7. The molecule has 202 valence electrons. The van der Waals surface area contributed by atoms with Gasteiger partial charge in [-0.25, -0.2) is 9.00 Å². The molecule has 1 fully saturated rings. The predicted molar refractivity (Wildman–Crippen MR) is 149 cm³/mol.